The normalized spacial score (nSPS) is 15.6. The van der Waals surface area contributed by atoms with E-state index in [0.717, 1.165) is 24.0 Å². The first-order valence-electron chi connectivity index (χ1n) is 6.25. The smallest absolute Gasteiger partial charge is 0.0892 e. The molecule has 0 aromatic carbocycles. The average molecular weight is 232 g/mol. The fourth-order valence-electron chi connectivity index (χ4n) is 1.57. The summed E-state index contributed by atoms with van der Waals surface area (Å²) in [5, 5.41) is 3.46. The predicted octanol–water partition coefficient (Wildman–Crippen LogP) is 2.43. The molecule has 1 N–H and O–H groups in total. The third-order valence-corrected chi connectivity index (χ3v) is 2.71. The van der Waals surface area contributed by atoms with Crippen LogP contribution in [0.5, 0.6) is 0 Å². The second-order valence-electron chi connectivity index (χ2n) is 4.36. The van der Waals surface area contributed by atoms with Gasteiger partial charge in [-0.25, -0.2) is 0 Å². The van der Waals surface area contributed by atoms with Crippen LogP contribution in [0.4, 0.5) is 0 Å². The molecule has 1 saturated carbocycles. The molecule has 92 valence electrons. The third kappa shape index (κ3) is 4.67. The van der Waals surface area contributed by atoms with Crippen molar-refractivity contribution in [3.63, 3.8) is 0 Å². The number of hydrogen-bond acceptors (Lipinski definition) is 3. The highest BCUT2D eigenvalue weighted by atomic mass is 16.5. The van der Waals surface area contributed by atoms with Crippen LogP contribution in [0.2, 0.25) is 0 Å². The van der Waals surface area contributed by atoms with E-state index in [9.17, 15) is 0 Å². The van der Waals surface area contributed by atoms with Crippen molar-refractivity contribution in [2.75, 3.05) is 6.61 Å². The molecule has 0 saturated heterocycles. The highest BCUT2D eigenvalue weighted by Gasteiger charge is 2.20. The Bertz CT molecular complexity index is 372. The molecule has 0 radical (unpaired) electrons. The van der Waals surface area contributed by atoms with Gasteiger partial charge in [0.05, 0.1) is 24.6 Å². The molecular formula is C14H20N2O. The Morgan fingerprint density at radius 1 is 1.41 bits per heavy atom. The van der Waals surface area contributed by atoms with E-state index in [4.69, 9.17) is 4.74 Å². The van der Waals surface area contributed by atoms with Crippen molar-refractivity contribution in [2.45, 2.75) is 39.0 Å². The Hall–Kier alpha value is -1.19. The summed E-state index contributed by atoms with van der Waals surface area (Å²) in [5.41, 5.74) is 2.11. The summed E-state index contributed by atoms with van der Waals surface area (Å²) in [6.07, 6.45) is 6.61. The molecule has 0 aliphatic heterocycles. The molecule has 2 rings (SSSR count). The lowest BCUT2D eigenvalue weighted by atomic mass is 10.3. The minimum Gasteiger partial charge on any atom is -0.371 e. The molecule has 1 aliphatic carbocycles. The highest BCUT2D eigenvalue weighted by molar-refractivity contribution is 5.11. The molecule has 1 aliphatic rings. The molecule has 1 heterocycles. The molecular weight excluding hydrogens is 212 g/mol. The average Bonchev–Trinajstić information content (AvgIpc) is 3.17. The molecule has 0 unspecified atom stereocenters. The molecule has 1 fully saturated rings. The number of ether oxygens (including phenoxy) is 1. The van der Waals surface area contributed by atoms with Gasteiger partial charge in [-0.3, -0.25) is 4.98 Å². The largest absolute Gasteiger partial charge is 0.371 e. The van der Waals surface area contributed by atoms with Crippen LogP contribution in [0.1, 0.15) is 31.2 Å². The molecule has 17 heavy (non-hydrogen) atoms. The number of nitrogens with zero attached hydrogens (tertiary/aromatic N) is 1. The van der Waals surface area contributed by atoms with E-state index in [0.29, 0.717) is 13.2 Å². The van der Waals surface area contributed by atoms with E-state index >= 15 is 0 Å². The number of rotatable bonds is 7. The molecule has 3 heteroatoms. The van der Waals surface area contributed by atoms with Crippen molar-refractivity contribution in [1.29, 1.82) is 0 Å². The van der Waals surface area contributed by atoms with Crippen LogP contribution in [-0.4, -0.2) is 17.6 Å². The van der Waals surface area contributed by atoms with Crippen molar-refractivity contribution in [2.24, 2.45) is 0 Å². The van der Waals surface area contributed by atoms with Crippen LogP contribution < -0.4 is 5.32 Å². The fraction of sp³-hybridized carbons (Fsp3) is 0.500. The van der Waals surface area contributed by atoms with E-state index in [1.165, 1.54) is 12.8 Å². The van der Waals surface area contributed by atoms with Crippen molar-refractivity contribution >= 4 is 0 Å². The van der Waals surface area contributed by atoms with Crippen LogP contribution in [-0.2, 0) is 17.9 Å². The summed E-state index contributed by atoms with van der Waals surface area (Å²) < 4.78 is 5.48. The van der Waals surface area contributed by atoms with E-state index in [1.54, 1.807) is 0 Å². The minimum absolute atomic E-state index is 0.585. The summed E-state index contributed by atoms with van der Waals surface area (Å²) in [5.74, 6) is 0. The molecule has 0 atom stereocenters. The topological polar surface area (TPSA) is 34.1 Å². The first kappa shape index (κ1) is 12.3. The van der Waals surface area contributed by atoms with Gasteiger partial charge in [-0.05, 0) is 31.9 Å². The Labute approximate surface area is 103 Å². The van der Waals surface area contributed by atoms with Crippen molar-refractivity contribution < 1.29 is 4.74 Å². The van der Waals surface area contributed by atoms with E-state index in [1.807, 2.05) is 31.2 Å². The second kappa shape index (κ2) is 6.52. The molecule has 0 amide bonds. The summed E-state index contributed by atoms with van der Waals surface area (Å²) in [4.78, 5) is 4.56. The van der Waals surface area contributed by atoms with Crippen molar-refractivity contribution in [3.05, 3.63) is 41.7 Å². The first-order chi connectivity index (χ1) is 8.38. The van der Waals surface area contributed by atoms with Gasteiger partial charge < -0.3 is 10.1 Å². The minimum atomic E-state index is 0.585. The third-order valence-electron chi connectivity index (χ3n) is 2.71. The first-order valence-corrected chi connectivity index (χ1v) is 6.25. The fourth-order valence-corrected chi connectivity index (χ4v) is 1.57. The maximum atomic E-state index is 5.48. The van der Waals surface area contributed by atoms with Crippen molar-refractivity contribution in [3.8, 4) is 0 Å². The van der Waals surface area contributed by atoms with Gasteiger partial charge in [0.1, 0.15) is 0 Å². The number of pyridine rings is 1. The summed E-state index contributed by atoms with van der Waals surface area (Å²) in [6.45, 7) is 4.10. The van der Waals surface area contributed by atoms with Gasteiger partial charge in [-0.2, -0.15) is 0 Å². The SMILES string of the molecule is C/C=C/COCc1cccc(CNC2CC2)n1. The van der Waals surface area contributed by atoms with Gasteiger partial charge in [0.15, 0.2) is 0 Å². The van der Waals surface area contributed by atoms with E-state index in [2.05, 4.69) is 16.4 Å². The van der Waals surface area contributed by atoms with Crippen LogP contribution in [0.3, 0.4) is 0 Å². The Morgan fingerprint density at radius 3 is 3.00 bits per heavy atom. The van der Waals surface area contributed by atoms with E-state index in [-0.39, 0.29) is 0 Å². The Morgan fingerprint density at radius 2 is 2.24 bits per heavy atom. The lowest BCUT2D eigenvalue weighted by Gasteiger charge is -2.05. The van der Waals surface area contributed by atoms with Gasteiger partial charge in [0.2, 0.25) is 0 Å². The standard InChI is InChI=1S/C14H20N2O/c1-2-3-9-17-11-14-6-4-5-13(16-14)10-15-12-7-8-12/h2-6,12,15H,7-11H2,1H3/b3-2+. The van der Waals surface area contributed by atoms with Gasteiger partial charge in [0, 0.05) is 12.6 Å². The van der Waals surface area contributed by atoms with Crippen LogP contribution in [0.15, 0.2) is 30.4 Å². The van der Waals surface area contributed by atoms with Crippen LogP contribution in [0.25, 0.3) is 0 Å². The number of nitrogens with one attached hydrogen (secondary N) is 1. The van der Waals surface area contributed by atoms with Gasteiger partial charge >= 0.3 is 0 Å². The Balaban J connectivity index is 1.77. The van der Waals surface area contributed by atoms with E-state index < -0.39 is 0 Å². The lowest BCUT2D eigenvalue weighted by molar-refractivity contribution is 0.145. The summed E-state index contributed by atoms with van der Waals surface area (Å²) >= 11 is 0. The van der Waals surface area contributed by atoms with Crippen LogP contribution in [0, 0.1) is 0 Å². The van der Waals surface area contributed by atoms with Gasteiger partial charge in [-0.1, -0.05) is 18.2 Å². The monoisotopic (exact) mass is 232 g/mol. The zero-order valence-electron chi connectivity index (χ0n) is 10.4. The molecule has 0 spiro atoms. The maximum Gasteiger partial charge on any atom is 0.0892 e. The molecule has 1 aromatic heterocycles. The molecule has 0 bridgehead atoms. The highest BCUT2D eigenvalue weighted by Crippen LogP contribution is 2.19. The molecule has 1 aromatic rings. The number of aromatic nitrogens is 1. The quantitative estimate of drug-likeness (QED) is 0.579. The van der Waals surface area contributed by atoms with Crippen molar-refractivity contribution in [1.82, 2.24) is 10.3 Å². The zero-order valence-corrected chi connectivity index (χ0v) is 10.4. The maximum absolute atomic E-state index is 5.48. The lowest BCUT2D eigenvalue weighted by Crippen LogP contribution is -2.16. The zero-order chi connectivity index (χ0) is 11.9. The number of hydrogen-bond donors (Lipinski definition) is 1. The predicted molar refractivity (Wildman–Crippen MR) is 68.6 cm³/mol. The summed E-state index contributed by atoms with van der Waals surface area (Å²) in [6, 6.07) is 6.85. The Kier molecular flexibility index (Phi) is 4.71. The van der Waals surface area contributed by atoms with Crippen LogP contribution >= 0.6 is 0 Å². The number of allylic oxidation sites excluding steroid dienone is 1. The van der Waals surface area contributed by atoms with Gasteiger partial charge in [-0.15, -0.1) is 0 Å². The second-order valence-corrected chi connectivity index (χ2v) is 4.36. The van der Waals surface area contributed by atoms with Gasteiger partial charge in [0.25, 0.3) is 0 Å². The summed E-state index contributed by atoms with van der Waals surface area (Å²) in [7, 11) is 0. The molecule has 3 nitrogen and oxygen atoms in total.